The summed E-state index contributed by atoms with van der Waals surface area (Å²) in [5, 5.41) is 0. The number of amides is 1. The number of carbonyl (C=O) groups excluding carboxylic acids is 3. The number of anilines is 1. The van der Waals surface area contributed by atoms with E-state index in [9.17, 15) is 23.2 Å². The second-order valence-electron chi connectivity index (χ2n) is 6.07. The van der Waals surface area contributed by atoms with Crippen molar-refractivity contribution >= 4 is 23.3 Å². The van der Waals surface area contributed by atoms with Gasteiger partial charge in [-0.05, 0) is 42.8 Å². The number of rotatable bonds is 7. The molecule has 0 unspecified atom stereocenters. The molecule has 0 saturated carbocycles. The molecule has 0 aliphatic carbocycles. The number of carbonyl (C=O) groups is 3. The molecule has 0 radical (unpaired) electrons. The molecule has 1 aliphatic rings. The number of esters is 1. The molecular formula is C20H17F2NO5. The Morgan fingerprint density at radius 2 is 1.79 bits per heavy atom. The Balaban J connectivity index is 1.64. The van der Waals surface area contributed by atoms with Crippen LogP contribution in [-0.4, -0.2) is 37.4 Å². The first kappa shape index (κ1) is 19.5. The molecule has 1 fully saturated rings. The number of benzene rings is 2. The lowest BCUT2D eigenvalue weighted by Gasteiger charge is -2.18. The van der Waals surface area contributed by atoms with Crippen LogP contribution in [0.25, 0.3) is 0 Å². The van der Waals surface area contributed by atoms with Crippen LogP contribution in [0.3, 0.4) is 0 Å². The van der Waals surface area contributed by atoms with E-state index in [0.717, 1.165) is 0 Å². The fraction of sp³-hybridized carbons (Fsp3) is 0.250. The van der Waals surface area contributed by atoms with Crippen LogP contribution >= 0.6 is 0 Å². The Morgan fingerprint density at radius 1 is 1.07 bits per heavy atom. The lowest BCUT2D eigenvalue weighted by Crippen LogP contribution is -2.26. The highest BCUT2D eigenvalue weighted by Crippen LogP contribution is 2.26. The molecule has 8 heteroatoms. The molecule has 146 valence electrons. The first-order valence-electron chi connectivity index (χ1n) is 8.60. The van der Waals surface area contributed by atoms with Crippen molar-refractivity contribution in [3.05, 3.63) is 59.7 Å². The monoisotopic (exact) mass is 389 g/mol. The molecule has 2 aromatic carbocycles. The fourth-order valence-corrected chi connectivity index (χ4v) is 2.90. The van der Waals surface area contributed by atoms with Crippen LogP contribution in [0, 0.1) is 0 Å². The molecule has 0 aromatic heterocycles. The van der Waals surface area contributed by atoms with Crippen molar-refractivity contribution in [3.63, 3.8) is 0 Å². The standard InChI is InChI=1S/C20H17F2NO5/c21-20(22)28-14-9-7-13(8-10-14)17(24)12-27-19(26)15-4-1-2-5-16(15)23-11-3-6-18(23)25/h1-2,4-5,7-10,20H,3,6,11-12H2. The minimum Gasteiger partial charge on any atom is -0.454 e. The number of alkyl halides is 2. The Hall–Kier alpha value is -3.29. The van der Waals surface area contributed by atoms with E-state index >= 15 is 0 Å². The van der Waals surface area contributed by atoms with Crippen LogP contribution < -0.4 is 9.64 Å². The SMILES string of the molecule is O=C(COC(=O)c1ccccc1N1CCCC1=O)c1ccc(OC(F)F)cc1. The number of hydrogen-bond donors (Lipinski definition) is 0. The van der Waals surface area contributed by atoms with Gasteiger partial charge in [-0.25, -0.2) is 4.79 Å². The van der Waals surface area contributed by atoms with Crippen molar-refractivity contribution in [2.24, 2.45) is 0 Å². The van der Waals surface area contributed by atoms with E-state index in [1.54, 1.807) is 18.2 Å². The van der Waals surface area contributed by atoms with Gasteiger partial charge >= 0.3 is 12.6 Å². The first-order chi connectivity index (χ1) is 13.5. The van der Waals surface area contributed by atoms with Crippen molar-refractivity contribution in [3.8, 4) is 5.75 Å². The predicted molar refractivity (Wildman–Crippen MR) is 95.7 cm³/mol. The summed E-state index contributed by atoms with van der Waals surface area (Å²) in [5.74, 6) is -1.36. The maximum absolute atomic E-state index is 12.4. The van der Waals surface area contributed by atoms with Crippen LogP contribution in [-0.2, 0) is 9.53 Å². The van der Waals surface area contributed by atoms with E-state index < -0.39 is 25.0 Å². The topological polar surface area (TPSA) is 72.9 Å². The molecule has 28 heavy (non-hydrogen) atoms. The van der Waals surface area contributed by atoms with Crippen LogP contribution in [0.4, 0.5) is 14.5 Å². The highest BCUT2D eigenvalue weighted by atomic mass is 19.3. The van der Waals surface area contributed by atoms with Crippen LogP contribution in [0.5, 0.6) is 5.75 Å². The van der Waals surface area contributed by atoms with Gasteiger partial charge < -0.3 is 14.4 Å². The molecule has 6 nitrogen and oxygen atoms in total. The van der Waals surface area contributed by atoms with Gasteiger partial charge in [0.1, 0.15) is 5.75 Å². The number of hydrogen-bond acceptors (Lipinski definition) is 5. The number of Topliss-reactive ketones (excluding diaryl/α,β-unsaturated/α-hetero) is 1. The van der Waals surface area contributed by atoms with Gasteiger partial charge in [-0.15, -0.1) is 0 Å². The van der Waals surface area contributed by atoms with Crippen LogP contribution in [0.15, 0.2) is 48.5 Å². The normalized spacial score (nSPS) is 13.7. The summed E-state index contributed by atoms with van der Waals surface area (Å²) in [6.07, 6.45) is 1.14. The average Bonchev–Trinajstić information content (AvgIpc) is 3.11. The highest BCUT2D eigenvalue weighted by molar-refractivity contribution is 6.04. The van der Waals surface area contributed by atoms with E-state index in [-0.39, 0.29) is 22.8 Å². The molecule has 1 amide bonds. The van der Waals surface area contributed by atoms with Crippen molar-refractivity contribution in [2.45, 2.75) is 19.5 Å². The highest BCUT2D eigenvalue weighted by Gasteiger charge is 2.26. The Bertz CT molecular complexity index is 882. The van der Waals surface area contributed by atoms with Gasteiger partial charge in [-0.2, -0.15) is 8.78 Å². The van der Waals surface area contributed by atoms with E-state index in [1.807, 2.05) is 0 Å². The Labute approximate surface area is 159 Å². The maximum Gasteiger partial charge on any atom is 0.387 e. The number of halogens is 2. The molecule has 3 rings (SSSR count). The lowest BCUT2D eigenvalue weighted by molar-refractivity contribution is -0.117. The molecule has 1 saturated heterocycles. The summed E-state index contributed by atoms with van der Waals surface area (Å²) in [7, 11) is 0. The van der Waals surface area contributed by atoms with Gasteiger partial charge in [0.25, 0.3) is 0 Å². The molecule has 2 aromatic rings. The van der Waals surface area contributed by atoms with Gasteiger partial charge in [-0.3, -0.25) is 9.59 Å². The largest absolute Gasteiger partial charge is 0.454 e. The summed E-state index contributed by atoms with van der Waals surface area (Å²) in [5.41, 5.74) is 0.847. The minimum atomic E-state index is -2.95. The first-order valence-corrected chi connectivity index (χ1v) is 8.60. The molecule has 0 N–H and O–H groups in total. The molecule has 1 aliphatic heterocycles. The fourth-order valence-electron chi connectivity index (χ4n) is 2.90. The zero-order valence-electron chi connectivity index (χ0n) is 14.8. The molecule has 0 atom stereocenters. The van der Waals surface area contributed by atoms with Gasteiger partial charge in [0.05, 0.1) is 11.3 Å². The van der Waals surface area contributed by atoms with E-state index in [4.69, 9.17) is 4.74 Å². The summed E-state index contributed by atoms with van der Waals surface area (Å²) >= 11 is 0. The van der Waals surface area contributed by atoms with Gasteiger partial charge in [0.15, 0.2) is 12.4 Å². The van der Waals surface area contributed by atoms with Crippen LogP contribution in [0.2, 0.25) is 0 Å². The van der Waals surface area contributed by atoms with Gasteiger partial charge in [0.2, 0.25) is 5.91 Å². The van der Waals surface area contributed by atoms with Crippen molar-refractivity contribution in [1.29, 1.82) is 0 Å². The van der Waals surface area contributed by atoms with Crippen molar-refractivity contribution in [2.75, 3.05) is 18.1 Å². The zero-order valence-corrected chi connectivity index (χ0v) is 14.8. The average molecular weight is 389 g/mol. The van der Waals surface area contributed by atoms with Crippen molar-refractivity contribution < 1.29 is 32.6 Å². The summed E-state index contributed by atoms with van der Waals surface area (Å²) in [6, 6.07) is 11.6. The molecule has 1 heterocycles. The van der Waals surface area contributed by atoms with E-state index in [1.165, 1.54) is 35.2 Å². The number of nitrogens with zero attached hydrogens (tertiary/aromatic N) is 1. The third kappa shape index (κ3) is 4.51. The van der Waals surface area contributed by atoms with E-state index in [2.05, 4.69) is 4.74 Å². The lowest BCUT2D eigenvalue weighted by atomic mass is 10.1. The third-order valence-electron chi connectivity index (χ3n) is 4.22. The summed E-state index contributed by atoms with van der Waals surface area (Å²) in [4.78, 5) is 38.1. The second-order valence-corrected chi connectivity index (χ2v) is 6.07. The summed E-state index contributed by atoms with van der Waals surface area (Å²) in [6.45, 7) is -2.95. The summed E-state index contributed by atoms with van der Waals surface area (Å²) < 4.78 is 33.6. The number of ether oxygens (including phenoxy) is 2. The van der Waals surface area contributed by atoms with Gasteiger partial charge in [0, 0.05) is 18.5 Å². The predicted octanol–water partition coefficient (Wildman–Crippen LogP) is 3.45. The van der Waals surface area contributed by atoms with Gasteiger partial charge in [-0.1, -0.05) is 12.1 Å². The van der Waals surface area contributed by atoms with Crippen LogP contribution in [0.1, 0.15) is 33.6 Å². The molecule has 0 spiro atoms. The van der Waals surface area contributed by atoms with Crippen molar-refractivity contribution in [1.82, 2.24) is 0 Å². The maximum atomic E-state index is 12.4. The Kier molecular flexibility index (Phi) is 5.98. The minimum absolute atomic E-state index is 0.0672. The Morgan fingerprint density at radius 3 is 2.43 bits per heavy atom. The second kappa shape index (κ2) is 8.60. The smallest absolute Gasteiger partial charge is 0.387 e. The molecule has 0 bridgehead atoms. The number of para-hydroxylation sites is 1. The van der Waals surface area contributed by atoms with E-state index in [0.29, 0.717) is 25.1 Å². The quantitative estimate of drug-likeness (QED) is 0.536. The zero-order chi connectivity index (χ0) is 20.1. The third-order valence-corrected chi connectivity index (χ3v) is 4.22. The number of ketones is 1. The molecular weight excluding hydrogens is 372 g/mol.